The molecule has 0 saturated heterocycles. The highest BCUT2D eigenvalue weighted by Gasteiger charge is 2.05. The summed E-state index contributed by atoms with van der Waals surface area (Å²) in [6, 6.07) is 5.21. The Labute approximate surface area is 104 Å². The summed E-state index contributed by atoms with van der Waals surface area (Å²) in [4.78, 5) is 16.0. The van der Waals surface area contributed by atoms with Crippen molar-refractivity contribution in [2.75, 3.05) is 18.5 Å². The summed E-state index contributed by atoms with van der Waals surface area (Å²) < 4.78 is 1.41. The summed E-state index contributed by atoms with van der Waals surface area (Å²) in [6.07, 6.45) is 0.658. The zero-order valence-corrected chi connectivity index (χ0v) is 10.00. The van der Waals surface area contributed by atoms with Crippen molar-refractivity contribution < 1.29 is 10.2 Å². The predicted octanol–water partition coefficient (Wildman–Crippen LogP) is -0.301. The molecule has 0 bridgehead atoms. The highest BCUT2D eigenvalue weighted by atomic mass is 16.3. The minimum absolute atomic E-state index is 0.119. The van der Waals surface area contributed by atoms with Crippen LogP contribution in [-0.2, 0) is 7.05 Å². The third-order valence-electron chi connectivity index (χ3n) is 2.67. The zero-order chi connectivity index (χ0) is 13.1. The second-order valence-corrected chi connectivity index (χ2v) is 4.11. The van der Waals surface area contributed by atoms with E-state index in [0.29, 0.717) is 16.6 Å². The molecule has 0 fully saturated rings. The van der Waals surface area contributed by atoms with Gasteiger partial charge in [-0.1, -0.05) is 0 Å². The summed E-state index contributed by atoms with van der Waals surface area (Å²) in [5.41, 5.74) is 1.22. The highest BCUT2D eigenvalue weighted by molar-refractivity contribution is 5.81. The van der Waals surface area contributed by atoms with Crippen molar-refractivity contribution in [1.29, 1.82) is 0 Å². The van der Waals surface area contributed by atoms with Gasteiger partial charge in [-0.25, -0.2) is 4.98 Å². The molecule has 1 heterocycles. The fourth-order valence-electron chi connectivity index (χ4n) is 1.62. The highest BCUT2D eigenvalue weighted by Crippen LogP contribution is 2.14. The third kappa shape index (κ3) is 2.49. The number of aromatic nitrogens is 2. The Morgan fingerprint density at radius 1 is 1.50 bits per heavy atom. The first kappa shape index (κ1) is 12.5. The molecule has 18 heavy (non-hydrogen) atoms. The quantitative estimate of drug-likeness (QED) is 0.692. The number of hydrogen-bond acceptors (Lipinski definition) is 5. The number of anilines is 1. The van der Waals surface area contributed by atoms with Gasteiger partial charge in [0.1, 0.15) is 0 Å². The molecule has 0 aliphatic carbocycles. The first-order valence-electron chi connectivity index (χ1n) is 5.60. The maximum atomic E-state index is 11.9. The van der Waals surface area contributed by atoms with Crippen LogP contribution in [0.2, 0.25) is 0 Å². The molecule has 1 unspecified atom stereocenters. The van der Waals surface area contributed by atoms with Gasteiger partial charge in [-0.05, 0) is 18.2 Å². The standard InChI is InChI=1S/C12H15N3O3/c1-15-7-14-11-3-2-8(4-10(11)12(15)18)13-5-9(17)6-16/h2-4,7,9,13,16-17H,5-6H2,1H3. The van der Waals surface area contributed by atoms with E-state index in [-0.39, 0.29) is 18.7 Å². The predicted molar refractivity (Wildman–Crippen MR) is 68.6 cm³/mol. The lowest BCUT2D eigenvalue weighted by atomic mass is 10.2. The Balaban J connectivity index is 2.32. The van der Waals surface area contributed by atoms with Crippen LogP contribution in [0.3, 0.4) is 0 Å². The van der Waals surface area contributed by atoms with E-state index in [0.717, 1.165) is 0 Å². The minimum Gasteiger partial charge on any atom is -0.394 e. The Bertz CT molecular complexity index is 609. The smallest absolute Gasteiger partial charge is 0.260 e. The van der Waals surface area contributed by atoms with E-state index in [9.17, 15) is 9.90 Å². The van der Waals surface area contributed by atoms with Gasteiger partial charge in [0.25, 0.3) is 5.56 Å². The molecule has 2 aromatic rings. The van der Waals surface area contributed by atoms with Gasteiger partial charge >= 0.3 is 0 Å². The van der Waals surface area contributed by atoms with Gasteiger partial charge in [-0.2, -0.15) is 0 Å². The maximum Gasteiger partial charge on any atom is 0.260 e. The van der Waals surface area contributed by atoms with E-state index >= 15 is 0 Å². The van der Waals surface area contributed by atoms with Gasteiger partial charge in [0, 0.05) is 19.3 Å². The first-order chi connectivity index (χ1) is 8.61. The summed E-state index contributed by atoms with van der Waals surface area (Å²) >= 11 is 0. The van der Waals surface area contributed by atoms with E-state index < -0.39 is 6.10 Å². The topological polar surface area (TPSA) is 87.4 Å². The molecule has 6 nitrogen and oxygen atoms in total. The van der Waals surface area contributed by atoms with Crippen molar-refractivity contribution in [2.45, 2.75) is 6.10 Å². The molecule has 0 spiro atoms. The van der Waals surface area contributed by atoms with Crippen molar-refractivity contribution in [3.8, 4) is 0 Å². The number of nitrogens with one attached hydrogen (secondary N) is 1. The van der Waals surface area contributed by atoms with Gasteiger partial charge in [-0.15, -0.1) is 0 Å². The molecule has 6 heteroatoms. The van der Waals surface area contributed by atoms with E-state index in [1.807, 2.05) is 0 Å². The number of benzene rings is 1. The third-order valence-corrected chi connectivity index (χ3v) is 2.67. The minimum atomic E-state index is -0.822. The van der Waals surface area contributed by atoms with E-state index in [4.69, 9.17) is 5.11 Å². The lowest BCUT2D eigenvalue weighted by Gasteiger charge is -2.10. The lowest BCUT2D eigenvalue weighted by Crippen LogP contribution is -2.23. The van der Waals surface area contributed by atoms with Crippen LogP contribution in [0.4, 0.5) is 5.69 Å². The molecule has 0 aliphatic rings. The molecule has 1 atom stereocenters. The molecule has 0 saturated carbocycles. The van der Waals surface area contributed by atoms with Gasteiger partial charge in [0.2, 0.25) is 0 Å². The lowest BCUT2D eigenvalue weighted by molar-refractivity contribution is 0.105. The second kappa shape index (κ2) is 5.16. The Morgan fingerprint density at radius 2 is 2.28 bits per heavy atom. The normalized spacial score (nSPS) is 12.6. The number of nitrogens with zero attached hydrogens (tertiary/aromatic N) is 2. The van der Waals surface area contributed by atoms with Crippen molar-refractivity contribution >= 4 is 16.6 Å². The molecule has 1 aromatic heterocycles. The number of rotatable bonds is 4. The van der Waals surface area contributed by atoms with E-state index in [1.165, 1.54) is 10.9 Å². The van der Waals surface area contributed by atoms with Crippen LogP contribution in [0.15, 0.2) is 29.3 Å². The second-order valence-electron chi connectivity index (χ2n) is 4.11. The van der Waals surface area contributed by atoms with Gasteiger partial charge in [-0.3, -0.25) is 4.79 Å². The number of aliphatic hydroxyl groups excluding tert-OH is 2. The van der Waals surface area contributed by atoms with Crippen LogP contribution in [0.1, 0.15) is 0 Å². The number of aliphatic hydroxyl groups is 2. The Hall–Kier alpha value is -1.92. The zero-order valence-electron chi connectivity index (χ0n) is 10.00. The van der Waals surface area contributed by atoms with Crippen molar-refractivity contribution in [1.82, 2.24) is 9.55 Å². The first-order valence-corrected chi connectivity index (χ1v) is 5.60. The monoisotopic (exact) mass is 249 g/mol. The fraction of sp³-hybridized carbons (Fsp3) is 0.333. The van der Waals surface area contributed by atoms with Crippen LogP contribution in [0.25, 0.3) is 10.9 Å². The van der Waals surface area contributed by atoms with Crippen LogP contribution < -0.4 is 10.9 Å². The van der Waals surface area contributed by atoms with Gasteiger partial charge in [0.05, 0.1) is 29.9 Å². The summed E-state index contributed by atoms with van der Waals surface area (Å²) in [5.74, 6) is 0. The average Bonchev–Trinajstić information content (AvgIpc) is 2.40. The van der Waals surface area contributed by atoms with Gasteiger partial charge in [0.15, 0.2) is 0 Å². The van der Waals surface area contributed by atoms with E-state index in [2.05, 4.69) is 10.3 Å². The van der Waals surface area contributed by atoms with Crippen molar-refractivity contribution in [3.63, 3.8) is 0 Å². The van der Waals surface area contributed by atoms with Crippen LogP contribution in [0.5, 0.6) is 0 Å². The summed E-state index contributed by atoms with van der Waals surface area (Å²) in [6.45, 7) is -0.0769. The van der Waals surface area contributed by atoms with Crippen LogP contribution >= 0.6 is 0 Å². The molecule has 1 aromatic carbocycles. The van der Waals surface area contributed by atoms with Gasteiger partial charge < -0.3 is 20.1 Å². The molecule has 0 radical (unpaired) electrons. The maximum absolute atomic E-state index is 11.9. The molecule has 0 amide bonds. The largest absolute Gasteiger partial charge is 0.394 e. The van der Waals surface area contributed by atoms with Crippen molar-refractivity contribution in [3.05, 3.63) is 34.9 Å². The van der Waals surface area contributed by atoms with Crippen LogP contribution in [-0.4, -0.2) is 39.0 Å². The number of hydrogen-bond donors (Lipinski definition) is 3. The molecule has 0 aliphatic heterocycles. The number of fused-ring (bicyclic) bond motifs is 1. The van der Waals surface area contributed by atoms with E-state index in [1.54, 1.807) is 25.2 Å². The SMILES string of the molecule is Cn1cnc2ccc(NCC(O)CO)cc2c1=O. The Kier molecular flexibility index (Phi) is 3.59. The Morgan fingerprint density at radius 3 is 3.00 bits per heavy atom. The molecule has 96 valence electrons. The van der Waals surface area contributed by atoms with Crippen LogP contribution in [0, 0.1) is 0 Å². The average molecular weight is 249 g/mol. The van der Waals surface area contributed by atoms with Crippen molar-refractivity contribution in [2.24, 2.45) is 7.05 Å². The summed E-state index contributed by atoms with van der Waals surface area (Å²) in [5, 5.41) is 21.4. The number of aryl methyl sites for hydroxylation is 1. The molecule has 3 N–H and O–H groups in total. The molecular weight excluding hydrogens is 234 g/mol. The summed E-state index contributed by atoms with van der Waals surface area (Å²) in [7, 11) is 1.64. The molecule has 2 rings (SSSR count). The fourth-order valence-corrected chi connectivity index (χ4v) is 1.62. The molecular formula is C12H15N3O3.